The first-order valence-corrected chi connectivity index (χ1v) is 7.06. The standard InChI is InChI=1S/C16H26O3/c1-7-18-14(19-8-2)9-13-15(10(3)4)11(5)12(6)16(13)17/h13-14H,7-9H2,1-6H3. The number of carbonyl (C=O) groups is 1. The van der Waals surface area contributed by atoms with Crippen LogP contribution in [0, 0.1) is 5.92 Å². The van der Waals surface area contributed by atoms with Crippen molar-refractivity contribution in [3.8, 4) is 0 Å². The predicted octanol–water partition coefficient (Wildman–Crippen LogP) is 3.65. The van der Waals surface area contributed by atoms with Crippen molar-refractivity contribution >= 4 is 5.78 Å². The molecular weight excluding hydrogens is 240 g/mol. The van der Waals surface area contributed by atoms with Crippen molar-refractivity contribution in [3.05, 3.63) is 22.3 Å². The topological polar surface area (TPSA) is 35.5 Å². The van der Waals surface area contributed by atoms with Crippen LogP contribution in [0.1, 0.15) is 48.0 Å². The predicted molar refractivity (Wildman–Crippen MR) is 76.9 cm³/mol. The Labute approximate surface area is 116 Å². The summed E-state index contributed by atoms with van der Waals surface area (Å²) in [5.41, 5.74) is 4.39. The first-order valence-electron chi connectivity index (χ1n) is 7.06. The first-order chi connectivity index (χ1) is 8.93. The van der Waals surface area contributed by atoms with Gasteiger partial charge in [0.2, 0.25) is 0 Å². The summed E-state index contributed by atoms with van der Waals surface area (Å²) < 4.78 is 11.2. The maximum Gasteiger partial charge on any atom is 0.166 e. The highest BCUT2D eigenvalue weighted by molar-refractivity contribution is 6.04. The largest absolute Gasteiger partial charge is 0.353 e. The summed E-state index contributed by atoms with van der Waals surface area (Å²) in [6.45, 7) is 13.2. The second-order valence-electron chi connectivity index (χ2n) is 5.16. The van der Waals surface area contributed by atoms with Gasteiger partial charge in [0.05, 0.1) is 5.92 Å². The molecule has 19 heavy (non-hydrogen) atoms. The molecule has 0 saturated carbocycles. The van der Waals surface area contributed by atoms with Crippen molar-refractivity contribution in [2.24, 2.45) is 5.92 Å². The van der Waals surface area contributed by atoms with Crippen LogP contribution in [0.25, 0.3) is 0 Å². The highest BCUT2D eigenvalue weighted by Gasteiger charge is 2.35. The summed E-state index contributed by atoms with van der Waals surface area (Å²) in [5.74, 6) is 0.117. The summed E-state index contributed by atoms with van der Waals surface area (Å²) in [5, 5.41) is 0. The Morgan fingerprint density at radius 1 is 1.11 bits per heavy atom. The van der Waals surface area contributed by atoms with Crippen molar-refractivity contribution in [3.63, 3.8) is 0 Å². The van der Waals surface area contributed by atoms with E-state index in [4.69, 9.17) is 9.47 Å². The summed E-state index contributed by atoms with van der Waals surface area (Å²) in [6.07, 6.45) is 0.312. The average molecular weight is 266 g/mol. The molecule has 1 rings (SSSR count). The van der Waals surface area contributed by atoms with Crippen molar-refractivity contribution < 1.29 is 14.3 Å². The van der Waals surface area contributed by atoms with Crippen LogP contribution in [-0.2, 0) is 14.3 Å². The summed E-state index contributed by atoms with van der Waals surface area (Å²) >= 11 is 0. The Bertz CT molecular complexity index is 394. The van der Waals surface area contributed by atoms with Gasteiger partial charge in [0.1, 0.15) is 0 Å². The molecule has 0 radical (unpaired) electrons. The van der Waals surface area contributed by atoms with E-state index in [1.54, 1.807) is 0 Å². The number of hydrogen-bond acceptors (Lipinski definition) is 3. The Morgan fingerprint density at radius 2 is 1.63 bits per heavy atom. The van der Waals surface area contributed by atoms with Gasteiger partial charge in [-0.15, -0.1) is 0 Å². The minimum absolute atomic E-state index is 0.104. The van der Waals surface area contributed by atoms with Crippen LogP contribution >= 0.6 is 0 Å². The number of ether oxygens (including phenoxy) is 2. The molecule has 0 spiro atoms. The third-order valence-electron chi connectivity index (χ3n) is 3.67. The third kappa shape index (κ3) is 3.54. The van der Waals surface area contributed by atoms with Crippen LogP contribution in [-0.4, -0.2) is 25.3 Å². The smallest absolute Gasteiger partial charge is 0.166 e. The van der Waals surface area contributed by atoms with Gasteiger partial charge in [-0.05, 0) is 58.3 Å². The van der Waals surface area contributed by atoms with Crippen molar-refractivity contribution in [2.75, 3.05) is 13.2 Å². The molecule has 3 heteroatoms. The van der Waals surface area contributed by atoms with E-state index >= 15 is 0 Å². The van der Waals surface area contributed by atoms with Crippen LogP contribution in [0.15, 0.2) is 22.3 Å². The van der Waals surface area contributed by atoms with E-state index in [0.29, 0.717) is 19.6 Å². The second kappa shape index (κ2) is 7.01. The fourth-order valence-electron chi connectivity index (χ4n) is 2.74. The van der Waals surface area contributed by atoms with Gasteiger partial charge >= 0.3 is 0 Å². The van der Waals surface area contributed by atoms with Crippen LogP contribution in [0.5, 0.6) is 0 Å². The molecule has 0 saturated heterocycles. The quantitative estimate of drug-likeness (QED) is 0.688. The Morgan fingerprint density at radius 3 is 2.05 bits per heavy atom. The van der Waals surface area contributed by atoms with E-state index in [1.165, 1.54) is 11.1 Å². The summed E-state index contributed by atoms with van der Waals surface area (Å²) in [4.78, 5) is 12.4. The monoisotopic (exact) mass is 266 g/mol. The molecule has 1 aliphatic rings. The molecule has 0 aromatic carbocycles. The molecule has 3 nitrogen and oxygen atoms in total. The molecule has 0 N–H and O–H groups in total. The lowest BCUT2D eigenvalue weighted by molar-refractivity contribution is -0.148. The number of allylic oxidation sites excluding steroid dienone is 4. The second-order valence-corrected chi connectivity index (χ2v) is 5.16. The fraction of sp³-hybridized carbons (Fsp3) is 0.688. The molecule has 0 aliphatic heterocycles. The molecular formula is C16H26O3. The van der Waals surface area contributed by atoms with E-state index in [2.05, 4.69) is 13.8 Å². The molecule has 1 unspecified atom stereocenters. The van der Waals surface area contributed by atoms with Crippen molar-refractivity contribution in [2.45, 2.75) is 54.3 Å². The number of rotatable bonds is 6. The number of Topliss-reactive ketones (excluding diaryl/α,β-unsaturated/α-hetero) is 1. The van der Waals surface area contributed by atoms with Gasteiger partial charge in [0, 0.05) is 19.6 Å². The highest BCUT2D eigenvalue weighted by atomic mass is 16.7. The Kier molecular flexibility index (Phi) is 5.95. The Hall–Kier alpha value is -0.930. The minimum atomic E-state index is -0.294. The van der Waals surface area contributed by atoms with Crippen LogP contribution in [0.2, 0.25) is 0 Å². The van der Waals surface area contributed by atoms with E-state index < -0.39 is 0 Å². The van der Waals surface area contributed by atoms with Gasteiger partial charge in [-0.3, -0.25) is 4.79 Å². The zero-order valence-corrected chi connectivity index (χ0v) is 13.0. The van der Waals surface area contributed by atoms with Gasteiger partial charge in [-0.25, -0.2) is 0 Å². The van der Waals surface area contributed by atoms with E-state index in [1.807, 2.05) is 27.7 Å². The molecule has 0 heterocycles. The van der Waals surface area contributed by atoms with E-state index in [0.717, 1.165) is 11.1 Å². The Balaban J connectivity index is 2.94. The van der Waals surface area contributed by atoms with Crippen LogP contribution in [0.4, 0.5) is 0 Å². The molecule has 0 bridgehead atoms. The van der Waals surface area contributed by atoms with Gasteiger partial charge in [0.25, 0.3) is 0 Å². The fourth-order valence-corrected chi connectivity index (χ4v) is 2.74. The van der Waals surface area contributed by atoms with Crippen molar-refractivity contribution in [1.82, 2.24) is 0 Å². The number of hydrogen-bond donors (Lipinski definition) is 0. The lowest BCUT2D eigenvalue weighted by Gasteiger charge is -2.22. The van der Waals surface area contributed by atoms with Crippen molar-refractivity contribution in [1.29, 1.82) is 0 Å². The highest BCUT2D eigenvalue weighted by Crippen LogP contribution is 2.38. The molecule has 0 aromatic heterocycles. The number of ketones is 1. The van der Waals surface area contributed by atoms with E-state index in [9.17, 15) is 4.79 Å². The summed E-state index contributed by atoms with van der Waals surface area (Å²) in [7, 11) is 0. The minimum Gasteiger partial charge on any atom is -0.353 e. The van der Waals surface area contributed by atoms with E-state index in [-0.39, 0.29) is 18.0 Å². The SMILES string of the molecule is CCOC(CC1C(=O)C(C)=C(C)C1=C(C)C)OCC. The zero-order chi connectivity index (χ0) is 14.6. The average Bonchev–Trinajstić information content (AvgIpc) is 2.55. The number of carbonyl (C=O) groups excluding carboxylic acids is 1. The molecule has 0 fully saturated rings. The maximum atomic E-state index is 12.4. The van der Waals surface area contributed by atoms with Gasteiger partial charge in [-0.2, -0.15) is 0 Å². The third-order valence-corrected chi connectivity index (χ3v) is 3.67. The molecule has 1 aliphatic carbocycles. The summed E-state index contributed by atoms with van der Waals surface area (Å²) in [6, 6.07) is 0. The van der Waals surface area contributed by atoms with Gasteiger partial charge in [-0.1, -0.05) is 5.57 Å². The zero-order valence-electron chi connectivity index (χ0n) is 13.0. The molecule has 0 aromatic rings. The lowest BCUT2D eigenvalue weighted by atomic mass is 9.91. The molecule has 108 valence electrons. The normalized spacial score (nSPS) is 19.8. The van der Waals surface area contributed by atoms with Crippen LogP contribution < -0.4 is 0 Å². The maximum absolute atomic E-state index is 12.4. The molecule has 0 amide bonds. The molecule has 1 atom stereocenters. The van der Waals surface area contributed by atoms with Crippen LogP contribution in [0.3, 0.4) is 0 Å². The first kappa shape index (κ1) is 16.1. The lowest BCUT2D eigenvalue weighted by Crippen LogP contribution is -2.25. The van der Waals surface area contributed by atoms with Gasteiger partial charge in [0.15, 0.2) is 12.1 Å². The van der Waals surface area contributed by atoms with Gasteiger partial charge < -0.3 is 9.47 Å².